The maximum absolute atomic E-state index is 9.56. The first kappa shape index (κ1) is 93.4. The largest absolute Gasteiger partial charge is 0.396 e. The Morgan fingerprint density at radius 3 is 0.490 bits per heavy atom. The molecule has 594 valence electrons. The van der Waals surface area contributed by atoms with Gasteiger partial charge in [-0.05, 0) is 149 Å². The molecular weight excluding hydrogens is 1460 g/mol. The van der Waals surface area contributed by atoms with Gasteiger partial charge in [0.2, 0.25) is 0 Å². The van der Waals surface area contributed by atoms with Gasteiger partial charge in [0, 0.05) is 52.9 Å². The highest BCUT2D eigenvalue weighted by Gasteiger charge is 2.30. The zero-order valence-corrected chi connectivity index (χ0v) is 70.3. The fourth-order valence-electron chi connectivity index (χ4n) is 12.6. The zero-order valence-electron chi connectivity index (χ0n) is 63.8. The number of hydrogen-bond donors (Lipinski definition) is 10. The van der Waals surface area contributed by atoms with Crippen LogP contribution in [0.15, 0.2) is 19.6 Å². The van der Waals surface area contributed by atoms with Crippen LogP contribution in [-0.4, -0.2) is 180 Å². The lowest BCUT2D eigenvalue weighted by atomic mass is 10.1. The molecule has 3 aromatic rings. The van der Waals surface area contributed by atoms with Crippen LogP contribution in [0.1, 0.15) is 331 Å². The summed E-state index contributed by atoms with van der Waals surface area (Å²) in [5.41, 5.74) is 3.14. The van der Waals surface area contributed by atoms with Gasteiger partial charge < -0.3 is 50.8 Å². The second-order valence-corrected chi connectivity index (χ2v) is 36.6. The van der Waals surface area contributed by atoms with E-state index in [4.69, 9.17) is 29.9 Å². The van der Waals surface area contributed by atoms with Crippen molar-refractivity contribution >= 4 is 136 Å². The number of hydrogen-bond acceptors (Lipinski definition) is 22. The number of H-pyrrole nitrogens is 2. The van der Waals surface area contributed by atoms with E-state index in [9.17, 15) is 40.9 Å². The highest BCUT2D eigenvalue weighted by molar-refractivity contribution is 8.14. The summed E-state index contributed by atoms with van der Waals surface area (Å²) in [4.78, 5) is 51.3. The van der Waals surface area contributed by atoms with E-state index in [1.54, 1.807) is 0 Å². The molecule has 2 aliphatic heterocycles. The SMILES string of the molecule is OCCCCCCCCSC1=C(SCCCCCCCCO)c2nc1nc1nc(nc3[nH]c(nc4[nH]c(n2)c(SCCCCCCCCO)c4SCCCCCCCCO)c(SCCCCCCCCO)c3SCCCCCCCCO)C(SCCCCCCCCO)=C1SCCCCCCCCO. The number of nitrogens with zero attached hydrogens (tertiary/aromatic N) is 6. The molecule has 16 nitrogen and oxygen atoms in total. The monoisotopic (exact) mass is 1590 g/mol. The highest BCUT2D eigenvalue weighted by Crippen LogP contribution is 2.48. The van der Waals surface area contributed by atoms with E-state index < -0.39 is 0 Å². The normalized spacial score (nSPS) is 12.6. The molecule has 5 heterocycles. The van der Waals surface area contributed by atoms with Gasteiger partial charge in [-0.3, -0.25) is 0 Å². The molecule has 0 spiro atoms. The van der Waals surface area contributed by atoms with E-state index in [0.29, 0.717) is 23.3 Å². The number of aromatic amines is 2. The molecule has 3 aromatic heterocycles. The molecule has 2 aliphatic rings. The van der Waals surface area contributed by atoms with Crippen LogP contribution in [0.3, 0.4) is 0 Å². The molecule has 0 radical (unpaired) electrons. The molecule has 104 heavy (non-hydrogen) atoms. The predicted octanol–water partition coefficient (Wildman–Crippen LogP) is 21.5. The van der Waals surface area contributed by atoms with Crippen molar-refractivity contribution in [3.63, 3.8) is 0 Å². The van der Waals surface area contributed by atoms with Crippen LogP contribution in [0.4, 0.5) is 0 Å². The van der Waals surface area contributed by atoms with Crippen LogP contribution in [-0.2, 0) is 0 Å². The summed E-state index contributed by atoms with van der Waals surface area (Å²) in [6, 6.07) is 0. The number of thioether (sulfide) groups is 8. The maximum Gasteiger partial charge on any atom is 0.171 e. The molecule has 8 bridgehead atoms. The Labute approximate surface area is 661 Å². The third-order valence-corrected chi connectivity index (χ3v) is 28.6. The minimum atomic E-state index is 0.242. The van der Waals surface area contributed by atoms with Crippen molar-refractivity contribution in [1.82, 2.24) is 39.9 Å². The van der Waals surface area contributed by atoms with Gasteiger partial charge in [0.25, 0.3) is 0 Å². The molecule has 0 aromatic carbocycles. The summed E-state index contributed by atoms with van der Waals surface area (Å²) in [6.45, 7) is 1.94. The first-order valence-corrected chi connectivity index (χ1v) is 49.0. The quantitative estimate of drug-likeness (QED) is 0.0186. The van der Waals surface area contributed by atoms with Crippen molar-refractivity contribution in [2.45, 2.75) is 328 Å². The Kier molecular flexibility index (Phi) is 57.8. The smallest absolute Gasteiger partial charge is 0.171 e. The number of fused-ring (bicyclic) bond motifs is 8. The number of aliphatic hydroxyl groups is 8. The van der Waals surface area contributed by atoms with Crippen LogP contribution in [0, 0.1) is 0 Å². The Bertz CT molecular complexity index is 2710. The van der Waals surface area contributed by atoms with Crippen molar-refractivity contribution in [3.05, 3.63) is 23.3 Å². The lowest BCUT2D eigenvalue weighted by Crippen LogP contribution is -1.93. The van der Waals surface area contributed by atoms with E-state index in [1.807, 2.05) is 94.1 Å². The number of aromatic nitrogens is 8. The van der Waals surface area contributed by atoms with Gasteiger partial charge in [0.05, 0.1) is 39.2 Å². The molecule has 0 unspecified atom stereocenters. The standard InChI is InChI=1S/C80H138N8O8S8/c89-49-33-17-1-9-25-41-57-97-65-66(98-58-42-26-10-2-18-34-50-90)74-81-73(65)85-75-67(99-59-43-27-11-3-19-35-51-91)68(100-60-44-28-12-4-20-36-52-92)77(82-75)87-79-71(103-63-47-31-15-7-23-39-55-95)72(104-64-48-32-16-8-24-40-56-96)80(84-79)88-78-70(102-62-46-30-14-6-22-38-54-94)69(76(83-78)86-74)101-61-45-29-13-5-21-37-53-93/h89-96H,1-64H2,(H2,81,82,83,84,85,86,87,88). The molecule has 0 saturated heterocycles. The molecule has 0 aliphatic carbocycles. The Morgan fingerprint density at radius 1 is 0.163 bits per heavy atom. The lowest BCUT2D eigenvalue weighted by molar-refractivity contribution is 0.282. The summed E-state index contributed by atoms with van der Waals surface area (Å²) in [5, 5.41) is 76.5. The third-order valence-electron chi connectivity index (χ3n) is 18.7. The van der Waals surface area contributed by atoms with Crippen LogP contribution < -0.4 is 0 Å². The van der Waals surface area contributed by atoms with Gasteiger partial charge in [-0.15, -0.1) is 94.1 Å². The minimum absolute atomic E-state index is 0.242. The first-order chi connectivity index (χ1) is 51.5. The Balaban J connectivity index is 1.88. The Morgan fingerprint density at radius 2 is 0.308 bits per heavy atom. The third kappa shape index (κ3) is 39.8. The van der Waals surface area contributed by atoms with Crippen molar-refractivity contribution in [1.29, 1.82) is 0 Å². The van der Waals surface area contributed by atoms with Crippen molar-refractivity contribution in [2.75, 3.05) is 98.9 Å². The van der Waals surface area contributed by atoms with E-state index in [2.05, 4.69) is 9.97 Å². The van der Waals surface area contributed by atoms with E-state index in [1.165, 1.54) is 0 Å². The summed E-state index contributed by atoms with van der Waals surface area (Å²) in [6.07, 6.45) is 50.5. The van der Waals surface area contributed by atoms with Gasteiger partial charge in [0.15, 0.2) is 23.3 Å². The summed E-state index contributed by atoms with van der Waals surface area (Å²) in [7, 11) is 0. The molecule has 0 amide bonds. The second kappa shape index (κ2) is 64.3. The first-order valence-electron chi connectivity index (χ1n) is 41.2. The van der Waals surface area contributed by atoms with Gasteiger partial charge in [-0.2, -0.15) is 0 Å². The summed E-state index contributed by atoms with van der Waals surface area (Å²) in [5.74, 6) is 9.97. The predicted molar refractivity (Wildman–Crippen MR) is 457 cm³/mol. The van der Waals surface area contributed by atoms with Crippen LogP contribution >= 0.6 is 94.1 Å². The molecule has 10 N–H and O–H groups in total. The molecule has 0 fully saturated rings. The number of rotatable bonds is 72. The fraction of sp³-hybridized carbons (Fsp3) is 0.800. The number of unbranched alkanes of at least 4 members (excludes halogenated alkanes) is 40. The van der Waals surface area contributed by atoms with Gasteiger partial charge in [-0.1, -0.05) is 205 Å². The van der Waals surface area contributed by atoms with Crippen LogP contribution in [0.25, 0.3) is 42.2 Å². The summed E-state index contributed by atoms with van der Waals surface area (Å²) >= 11 is 15.0. The number of aliphatic hydroxyl groups excluding tert-OH is 8. The van der Waals surface area contributed by atoms with Crippen molar-refractivity contribution in [2.24, 2.45) is 0 Å². The summed E-state index contributed by atoms with van der Waals surface area (Å²) < 4.78 is 0. The van der Waals surface area contributed by atoms with E-state index in [0.717, 1.165) is 416 Å². The average Bonchev–Trinajstić information content (AvgIpc) is 1.62. The molecule has 0 atom stereocenters. The van der Waals surface area contributed by atoms with Gasteiger partial charge in [0.1, 0.15) is 22.6 Å². The topological polar surface area (TPSA) is 271 Å². The van der Waals surface area contributed by atoms with Crippen LogP contribution in [0.5, 0.6) is 0 Å². The molecule has 5 rings (SSSR count). The maximum atomic E-state index is 9.56. The fourth-order valence-corrected chi connectivity index (χ4v) is 22.0. The van der Waals surface area contributed by atoms with Gasteiger partial charge >= 0.3 is 0 Å². The molecule has 0 saturated carbocycles. The van der Waals surface area contributed by atoms with Crippen molar-refractivity contribution < 1.29 is 40.9 Å². The van der Waals surface area contributed by atoms with E-state index >= 15 is 0 Å². The van der Waals surface area contributed by atoms with Crippen molar-refractivity contribution in [3.8, 4) is 0 Å². The average molecular weight is 1600 g/mol. The second-order valence-electron chi connectivity index (χ2n) is 27.8. The zero-order chi connectivity index (χ0) is 73.8. The minimum Gasteiger partial charge on any atom is -0.396 e. The molecule has 24 heteroatoms. The highest BCUT2D eigenvalue weighted by atomic mass is 32.2. The van der Waals surface area contributed by atoms with Crippen LogP contribution in [0.2, 0.25) is 0 Å². The van der Waals surface area contributed by atoms with E-state index in [-0.39, 0.29) is 52.9 Å². The number of nitrogens with one attached hydrogen (secondary N) is 2. The lowest BCUT2D eigenvalue weighted by Gasteiger charge is -2.09. The van der Waals surface area contributed by atoms with Gasteiger partial charge in [-0.25, -0.2) is 29.9 Å². The molecular formula is C80H138N8O8S8. The Hall–Kier alpha value is -1.20.